The summed E-state index contributed by atoms with van der Waals surface area (Å²) < 4.78 is 7.29. The summed E-state index contributed by atoms with van der Waals surface area (Å²) in [6.45, 7) is 3.62. The number of aromatic nitrogens is 1. The number of carbonyl (C=O) groups is 3. The molecule has 1 atom stereocenters. The Bertz CT molecular complexity index is 1390. The monoisotopic (exact) mass is 565 g/mol. The number of carboxylic acids is 2. The Kier molecular flexibility index (Phi) is 14.8. The zero-order chi connectivity index (χ0) is 26.9. The van der Waals surface area contributed by atoms with Crippen LogP contribution in [0.4, 0.5) is 0 Å². The number of aryl methyl sites for hydroxylation is 1. The van der Waals surface area contributed by atoms with Gasteiger partial charge in [0, 0.05) is 18.3 Å². The van der Waals surface area contributed by atoms with Crippen molar-refractivity contribution in [2.45, 2.75) is 26.2 Å². The summed E-state index contributed by atoms with van der Waals surface area (Å²) in [6, 6.07) is 27.2. The Morgan fingerprint density at radius 1 is 0.846 bits per heavy atom. The molecular formula is C30H32CaNNaO6. The average Bonchev–Trinajstić information content (AvgIpc) is 3.24. The SMILES string of the molecule is CC(C(=O)O)c1cccc(Oc2ccccc2)c1.Cc1ccc(C(=O)c2ccc(CC(=O)O)n2C)cc1.[CaH2].[NaH]. The molecule has 0 saturated heterocycles. The van der Waals surface area contributed by atoms with Gasteiger partial charge >= 0.3 is 79.2 Å². The number of hydrogen-bond donors (Lipinski definition) is 2. The Morgan fingerprint density at radius 2 is 1.46 bits per heavy atom. The van der Waals surface area contributed by atoms with Crippen LogP contribution < -0.4 is 4.74 Å². The van der Waals surface area contributed by atoms with Crippen molar-refractivity contribution in [1.29, 1.82) is 0 Å². The van der Waals surface area contributed by atoms with Crippen LogP contribution in [-0.2, 0) is 23.1 Å². The van der Waals surface area contributed by atoms with E-state index >= 15 is 0 Å². The Labute approximate surface area is 280 Å². The van der Waals surface area contributed by atoms with Crippen molar-refractivity contribution in [2.75, 3.05) is 0 Å². The minimum atomic E-state index is -0.907. The maximum atomic E-state index is 12.3. The molecule has 0 saturated carbocycles. The van der Waals surface area contributed by atoms with Crippen LogP contribution in [0.1, 0.15) is 45.7 Å². The fraction of sp³-hybridized carbons (Fsp3) is 0.167. The van der Waals surface area contributed by atoms with E-state index in [0.717, 1.165) is 16.9 Å². The summed E-state index contributed by atoms with van der Waals surface area (Å²) in [7, 11) is 1.71. The van der Waals surface area contributed by atoms with Gasteiger partial charge < -0.3 is 19.5 Å². The number of rotatable bonds is 8. The van der Waals surface area contributed by atoms with Crippen molar-refractivity contribution in [3.05, 3.63) is 119 Å². The second kappa shape index (κ2) is 16.7. The summed E-state index contributed by atoms with van der Waals surface area (Å²) in [4.78, 5) is 33.9. The fourth-order valence-corrected chi connectivity index (χ4v) is 3.58. The maximum absolute atomic E-state index is 12.3. The third kappa shape index (κ3) is 10.3. The van der Waals surface area contributed by atoms with Crippen LogP contribution in [0.3, 0.4) is 0 Å². The zero-order valence-corrected chi connectivity index (χ0v) is 20.9. The number of para-hydroxylation sites is 1. The number of ether oxygens (including phenoxy) is 1. The third-order valence-electron chi connectivity index (χ3n) is 5.81. The first kappa shape index (κ1) is 34.6. The van der Waals surface area contributed by atoms with Gasteiger partial charge in [0.15, 0.2) is 0 Å². The van der Waals surface area contributed by atoms with Gasteiger partial charge in [0.25, 0.3) is 0 Å². The van der Waals surface area contributed by atoms with Crippen LogP contribution in [-0.4, -0.2) is 99.8 Å². The van der Waals surface area contributed by atoms with E-state index in [1.54, 1.807) is 61.0 Å². The summed E-state index contributed by atoms with van der Waals surface area (Å²) in [5, 5.41) is 17.8. The molecule has 39 heavy (non-hydrogen) atoms. The number of carboxylic acid groups (broad SMARTS) is 2. The van der Waals surface area contributed by atoms with E-state index in [2.05, 4.69) is 0 Å². The van der Waals surface area contributed by atoms with Gasteiger partial charge in [0.1, 0.15) is 11.5 Å². The van der Waals surface area contributed by atoms with E-state index in [1.165, 1.54) is 0 Å². The molecule has 0 aliphatic rings. The van der Waals surface area contributed by atoms with Gasteiger partial charge in [0.05, 0.1) is 18.0 Å². The summed E-state index contributed by atoms with van der Waals surface area (Å²) in [5.74, 6) is -1.00. The van der Waals surface area contributed by atoms with E-state index in [0.29, 0.717) is 22.7 Å². The number of carbonyl (C=O) groups excluding carboxylic acids is 1. The van der Waals surface area contributed by atoms with Crippen molar-refractivity contribution >= 4 is 85.0 Å². The Morgan fingerprint density at radius 3 is 2.05 bits per heavy atom. The average molecular weight is 566 g/mol. The zero-order valence-electron chi connectivity index (χ0n) is 20.9. The first-order valence-electron chi connectivity index (χ1n) is 11.7. The molecule has 7 nitrogen and oxygen atoms in total. The van der Waals surface area contributed by atoms with E-state index in [1.807, 2.05) is 55.5 Å². The molecule has 3 aromatic carbocycles. The van der Waals surface area contributed by atoms with Crippen LogP contribution in [0.2, 0.25) is 0 Å². The van der Waals surface area contributed by atoms with Gasteiger partial charge in [-0.3, -0.25) is 14.4 Å². The molecule has 0 aliphatic heterocycles. The van der Waals surface area contributed by atoms with E-state index in [-0.39, 0.29) is 79.5 Å². The van der Waals surface area contributed by atoms with Gasteiger partial charge in [-0.05, 0) is 55.8 Å². The van der Waals surface area contributed by atoms with Crippen molar-refractivity contribution in [3.63, 3.8) is 0 Å². The number of benzene rings is 3. The van der Waals surface area contributed by atoms with Crippen molar-refractivity contribution < 1.29 is 29.3 Å². The molecule has 1 unspecified atom stereocenters. The topological polar surface area (TPSA) is 106 Å². The molecule has 2 N–H and O–H groups in total. The third-order valence-corrected chi connectivity index (χ3v) is 5.81. The fourth-order valence-electron chi connectivity index (χ4n) is 3.58. The molecule has 4 rings (SSSR count). The molecule has 0 amide bonds. The molecule has 0 radical (unpaired) electrons. The van der Waals surface area contributed by atoms with E-state index in [9.17, 15) is 14.4 Å². The number of aliphatic carboxylic acids is 2. The summed E-state index contributed by atoms with van der Waals surface area (Å²) >= 11 is 0. The van der Waals surface area contributed by atoms with Crippen LogP contribution >= 0.6 is 0 Å². The molecule has 1 aromatic heterocycles. The van der Waals surface area contributed by atoms with Crippen LogP contribution in [0.25, 0.3) is 0 Å². The second-order valence-electron chi connectivity index (χ2n) is 8.58. The Balaban J connectivity index is 0.000000371. The van der Waals surface area contributed by atoms with Crippen molar-refractivity contribution in [2.24, 2.45) is 7.05 Å². The van der Waals surface area contributed by atoms with Gasteiger partial charge in [-0.2, -0.15) is 0 Å². The molecule has 0 bridgehead atoms. The molecule has 0 spiro atoms. The van der Waals surface area contributed by atoms with E-state index < -0.39 is 17.9 Å². The molecule has 196 valence electrons. The summed E-state index contributed by atoms with van der Waals surface area (Å²) in [6.07, 6.45) is -0.0856. The standard InChI is InChI=1S/C15H15NO3.C15H14O3.Ca.Na.3H/c1-10-3-5-11(6-4-10)15(19)13-8-7-12(16(13)2)9-14(17)18;1-11(15(16)17)12-6-5-9-14(10-12)18-13-7-3-2-4-8-13;;;;;/h3-8H,9H2,1-2H3,(H,17,18);2-11H,1H3,(H,16,17);;;;;. The minimum absolute atomic E-state index is 0. The first-order valence-corrected chi connectivity index (χ1v) is 11.7. The predicted octanol–water partition coefficient (Wildman–Crippen LogP) is 4.29. The van der Waals surface area contributed by atoms with Crippen molar-refractivity contribution in [1.82, 2.24) is 4.57 Å². The molecular weight excluding hydrogens is 533 g/mol. The van der Waals surface area contributed by atoms with Gasteiger partial charge in [-0.25, -0.2) is 0 Å². The predicted molar refractivity (Wildman–Crippen MR) is 156 cm³/mol. The van der Waals surface area contributed by atoms with E-state index in [4.69, 9.17) is 14.9 Å². The molecule has 4 aromatic rings. The molecule has 0 aliphatic carbocycles. The number of hydrogen-bond acceptors (Lipinski definition) is 4. The molecule has 0 fully saturated rings. The quantitative estimate of drug-likeness (QED) is 0.244. The number of ketones is 1. The Hall–Kier alpha value is -2.39. The van der Waals surface area contributed by atoms with Crippen LogP contribution in [0.5, 0.6) is 11.5 Å². The normalized spacial score (nSPS) is 10.5. The number of nitrogens with zero attached hydrogens (tertiary/aromatic N) is 1. The van der Waals surface area contributed by atoms with Crippen LogP contribution in [0.15, 0.2) is 91.0 Å². The van der Waals surface area contributed by atoms with Crippen LogP contribution in [0, 0.1) is 6.92 Å². The summed E-state index contributed by atoms with van der Waals surface area (Å²) in [5.41, 5.74) is 3.54. The van der Waals surface area contributed by atoms with Gasteiger partial charge in [-0.15, -0.1) is 0 Å². The molecule has 9 heteroatoms. The van der Waals surface area contributed by atoms with Crippen molar-refractivity contribution in [3.8, 4) is 11.5 Å². The first-order chi connectivity index (χ1) is 17.7. The second-order valence-corrected chi connectivity index (χ2v) is 8.58. The van der Waals surface area contributed by atoms with Gasteiger partial charge in [-0.1, -0.05) is 60.2 Å². The molecule has 1 heterocycles. The van der Waals surface area contributed by atoms with Gasteiger partial charge in [0.2, 0.25) is 5.78 Å².